The highest BCUT2D eigenvalue weighted by Gasteiger charge is 2.18. The van der Waals surface area contributed by atoms with Gasteiger partial charge in [-0.3, -0.25) is 4.98 Å². The number of fused-ring (bicyclic) bond motifs is 2. The third-order valence-corrected chi connectivity index (χ3v) is 4.28. The first-order valence-corrected chi connectivity index (χ1v) is 7.66. The fourth-order valence-corrected chi connectivity index (χ4v) is 3.08. The van der Waals surface area contributed by atoms with Crippen LogP contribution in [0.3, 0.4) is 0 Å². The van der Waals surface area contributed by atoms with Gasteiger partial charge in [0.15, 0.2) is 0 Å². The fraction of sp³-hybridized carbons (Fsp3) is 0.211. The molecule has 4 rings (SSSR count). The summed E-state index contributed by atoms with van der Waals surface area (Å²) in [4.78, 5) is 4.74. The molecule has 118 valence electrons. The van der Waals surface area contributed by atoms with Crippen molar-refractivity contribution in [2.45, 2.75) is 26.2 Å². The van der Waals surface area contributed by atoms with Crippen molar-refractivity contribution >= 4 is 29.0 Å². The number of pyridine rings is 1. The van der Waals surface area contributed by atoms with Gasteiger partial charge < -0.3 is 10.5 Å². The highest BCUT2D eigenvalue weighted by atomic mass is 35.5. The van der Waals surface area contributed by atoms with Gasteiger partial charge in [-0.1, -0.05) is 17.7 Å². The van der Waals surface area contributed by atoms with Gasteiger partial charge in [0.05, 0.1) is 5.52 Å². The summed E-state index contributed by atoms with van der Waals surface area (Å²) in [5.41, 5.74) is 11.8. The highest BCUT2D eigenvalue weighted by Crippen LogP contribution is 2.34. The van der Waals surface area contributed by atoms with Crippen molar-refractivity contribution in [3.05, 3.63) is 59.3 Å². The van der Waals surface area contributed by atoms with Crippen molar-refractivity contribution in [1.29, 1.82) is 0 Å². The van der Waals surface area contributed by atoms with Crippen molar-refractivity contribution in [2.24, 2.45) is 0 Å². The Kier molecular flexibility index (Phi) is 4.14. The summed E-state index contributed by atoms with van der Waals surface area (Å²) in [5, 5.41) is 0.991. The Labute approximate surface area is 141 Å². The average molecular weight is 327 g/mol. The number of halogens is 1. The van der Waals surface area contributed by atoms with Gasteiger partial charge in [-0.25, -0.2) is 0 Å². The first kappa shape index (κ1) is 15.6. The fourth-order valence-electron chi connectivity index (χ4n) is 3.08. The number of nitrogens with two attached hydrogens (primary N) is 1. The molecule has 0 radical (unpaired) electrons. The molecular weight excluding hydrogens is 308 g/mol. The normalized spacial score (nSPS) is 12.7. The van der Waals surface area contributed by atoms with Gasteiger partial charge in [-0.15, -0.1) is 12.4 Å². The molecule has 0 fully saturated rings. The lowest BCUT2D eigenvalue weighted by Crippen LogP contribution is -1.98. The maximum absolute atomic E-state index is 6.36. The van der Waals surface area contributed by atoms with Crippen molar-refractivity contribution in [2.75, 3.05) is 5.73 Å². The Bertz CT molecular complexity index is 859. The Hall–Kier alpha value is -2.26. The number of nitrogens with zero attached hydrogens (tertiary/aromatic N) is 1. The Morgan fingerprint density at radius 2 is 1.74 bits per heavy atom. The van der Waals surface area contributed by atoms with Crippen LogP contribution in [0.5, 0.6) is 11.5 Å². The molecule has 0 spiro atoms. The average Bonchev–Trinajstić information content (AvgIpc) is 2.99. The number of aryl methyl sites for hydroxylation is 2. The molecule has 2 N–H and O–H groups in total. The van der Waals surface area contributed by atoms with Crippen LogP contribution in [0.15, 0.2) is 42.5 Å². The van der Waals surface area contributed by atoms with Gasteiger partial charge in [0.1, 0.15) is 11.5 Å². The topological polar surface area (TPSA) is 48.1 Å². The smallest absolute Gasteiger partial charge is 0.128 e. The summed E-state index contributed by atoms with van der Waals surface area (Å²) < 4.78 is 5.93. The molecule has 2 aromatic carbocycles. The molecule has 0 saturated heterocycles. The predicted octanol–water partition coefficient (Wildman–Crippen LogP) is 4.83. The van der Waals surface area contributed by atoms with Gasteiger partial charge in [0.2, 0.25) is 0 Å². The van der Waals surface area contributed by atoms with Crippen LogP contribution < -0.4 is 10.5 Å². The molecule has 0 bridgehead atoms. The monoisotopic (exact) mass is 326 g/mol. The lowest BCUT2D eigenvalue weighted by molar-refractivity contribution is 0.483. The van der Waals surface area contributed by atoms with E-state index in [1.54, 1.807) is 0 Å². The Balaban J connectivity index is 0.00000156. The second-order valence-corrected chi connectivity index (χ2v) is 5.90. The van der Waals surface area contributed by atoms with Gasteiger partial charge in [-0.05, 0) is 62.1 Å². The van der Waals surface area contributed by atoms with Crippen molar-refractivity contribution < 1.29 is 4.74 Å². The van der Waals surface area contributed by atoms with Crippen molar-refractivity contribution in [3.8, 4) is 11.5 Å². The zero-order valence-electron chi connectivity index (χ0n) is 13.0. The van der Waals surface area contributed by atoms with E-state index in [2.05, 4.69) is 6.92 Å². The van der Waals surface area contributed by atoms with Crippen LogP contribution in [-0.4, -0.2) is 4.98 Å². The predicted molar refractivity (Wildman–Crippen MR) is 96.7 cm³/mol. The zero-order valence-corrected chi connectivity index (χ0v) is 13.8. The molecule has 0 atom stereocenters. The minimum Gasteiger partial charge on any atom is -0.457 e. The number of benzene rings is 2. The quantitative estimate of drug-likeness (QED) is 0.733. The molecular formula is C19H19ClN2O. The third kappa shape index (κ3) is 2.84. The van der Waals surface area contributed by atoms with E-state index in [-0.39, 0.29) is 12.4 Å². The third-order valence-electron chi connectivity index (χ3n) is 4.28. The standard InChI is InChI=1S/C19H18N2O.ClH/c1-12-5-7-13(8-6-12)22-14-9-10-18-16(11-14)19(20)15-3-2-4-17(15)21-18;/h5-11H,2-4H2,1H3,(H2,20,21);1H. The second kappa shape index (κ2) is 6.09. The summed E-state index contributed by atoms with van der Waals surface area (Å²) in [6.07, 6.45) is 3.22. The van der Waals surface area contributed by atoms with Crippen molar-refractivity contribution in [3.63, 3.8) is 0 Å². The van der Waals surface area contributed by atoms with E-state index in [9.17, 15) is 0 Å². The van der Waals surface area contributed by atoms with Gasteiger partial charge in [0.25, 0.3) is 0 Å². The van der Waals surface area contributed by atoms with Crippen LogP contribution in [0.4, 0.5) is 5.69 Å². The van der Waals surface area contributed by atoms with Crippen LogP contribution in [-0.2, 0) is 12.8 Å². The number of aromatic nitrogens is 1. The van der Waals surface area contributed by atoms with Crippen LogP contribution in [0.25, 0.3) is 10.9 Å². The van der Waals surface area contributed by atoms with E-state index in [0.29, 0.717) is 0 Å². The van der Waals surface area contributed by atoms with Gasteiger partial charge in [-0.2, -0.15) is 0 Å². The molecule has 1 aliphatic rings. The van der Waals surface area contributed by atoms with E-state index >= 15 is 0 Å². The van der Waals surface area contributed by atoms with Crippen LogP contribution in [0, 0.1) is 6.92 Å². The molecule has 1 heterocycles. The minimum absolute atomic E-state index is 0. The van der Waals surface area contributed by atoms with E-state index in [1.807, 2.05) is 42.5 Å². The molecule has 1 aromatic heterocycles. The van der Waals surface area contributed by atoms with E-state index in [4.69, 9.17) is 15.5 Å². The summed E-state index contributed by atoms with van der Waals surface area (Å²) in [6.45, 7) is 2.06. The summed E-state index contributed by atoms with van der Waals surface area (Å²) in [6, 6.07) is 14.0. The molecule has 0 unspecified atom stereocenters. The number of ether oxygens (including phenoxy) is 1. The lowest BCUT2D eigenvalue weighted by Gasteiger charge is -2.11. The first-order valence-electron chi connectivity index (χ1n) is 7.66. The molecule has 3 nitrogen and oxygen atoms in total. The maximum atomic E-state index is 6.36. The number of nitrogen functional groups attached to an aromatic ring is 1. The minimum atomic E-state index is 0. The second-order valence-electron chi connectivity index (χ2n) is 5.90. The van der Waals surface area contributed by atoms with Gasteiger partial charge >= 0.3 is 0 Å². The molecule has 23 heavy (non-hydrogen) atoms. The van der Waals surface area contributed by atoms with E-state index < -0.39 is 0 Å². The van der Waals surface area contributed by atoms with E-state index in [0.717, 1.165) is 53.0 Å². The highest BCUT2D eigenvalue weighted by molar-refractivity contribution is 5.93. The summed E-state index contributed by atoms with van der Waals surface area (Å²) >= 11 is 0. The summed E-state index contributed by atoms with van der Waals surface area (Å²) in [5.74, 6) is 1.63. The number of anilines is 1. The SMILES string of the molecule is Cc1ccc(Oc2ccc3nc4c(c(N)c3c2)CCC4)cc1.Cl. The summed E-state index contributed by atoms with van der Waals surface area (Å²) in [7, 11) is 0. The van der Waals surface area contributed by atoms with E-state index in [1.165, 1.54) is 11.1 Å². The molecule has 1 aliphatic carbocycles. The number of hydrogen-bond acceptors (Lipinski definition) is 3. The first-order chi connectivity index (χ1) is 10.7. The molecule has 4 heteroatoms. The van der Waals surface area contributed by atoms with Crippen molar-refractivity contribution in [1.82, 2.24) is 4.98 Å². The largest absolute Gasteiger partial charge is 0.457 e. The van der Waals surface area contributed by atoms with Crippen LogP contribution in [0.1, 0.15) is 23.2 Å². The number of hydrogen-bond donors (Lipinski definition) is 1. The zero-order chi connectivity index (χ0) is 15.1. The lowest BCUT2D eigenvalue weighted by atomic mass is 10.1. The Morgan fingerprint density at radius 1 is 1.00 bits per heavy atom. The Morgan fingerprint density at radius 3 is 2.52 bits per heavy atom. The number of rotatable bonds is 2. The maximum Gasteiger partial charge on any atom is 0.128 e. The molecule has 0 amide bonds. The van der Waals surface area contributed by atoms with Crippen LogP contribution in [0.2, 0.25) is 0 Å². The van der Waals surface area contributed by atoms with Crippen LogP contribution >= 0.6 is 12.4 Å². The molecule has 3 aromatic rings. The molecule has 0 saturated carbocycles. The molecule has 0 aliphatic heterocycles. The van der Waals surface area contributed by atoms with Gasteiger partial charge in [0, 0.05) is 16.8 Å².